The lowest BCUT2D eigenvalue weighted by Gasteiger charge is -2.42. The van der Waals surface area contributed by atoms with Crippen LogP contribution in [0.15, 0.2) is 0 Å². The monoisotopic (exact) mass is 252 g/mol. The summed E-state index contributed by atoms with van der Waals surface area (Å²) in [7, 11) is 0. The van der Waals surface area contributed by atoms with E-state index in [9.17, 15) is 4.79 Å². The van der Waals surface area contributed by atoms with Gasteiger partial charge in [0.15, 0.2) is 0 Å². The fraction of sp³-hybridized carbons (Fsp3) is 0.929. The number of carbonyl (C=O) groups is 1. The Morgan fingerprint density at radius 3 is 2.89 bits per heavy atom. The van der Waals surface area contributed by atoms with Crippen LogP contribution in [0.5, 0.6) is 0 Å². The molecule has 0 amide bonds. The number of carbonyl (C=O) groups excluding carboxylic acids is 1. The Morgan fingerprint density at radius 2 is 2.22 bits per heavy atom. The van der Waals surface area contributed by atoms with Gasteiger partial charge in [-0.1, -0.05) is 6.92 Å². The zero-order valence-electron chi connectivity index (χ0n) is 10.8. The molecule has 0 aromatic carbocycles. The van der Waals surface area contributed by atoms with Crippen molar-refractivity contribution >= 4 is 5.97 Å². The van der Waals surface area contributed by atoms with Gasteiger partial charge in [0.05, 0.1) is 31.8 Å². The number of ether oxygens (including phenoxy) is 3. The largest absolute Gasteiger partial charge is 0.459 e. The van der Waals surface area contributed by atoms with Gasteiger partial charge in [-0.15, -0.1) is 0 Å². The van der Waals surface area contributed by atoms with Crippen molar-refractivity contribution in [1.29, 1.82) is 0 Å². The number of fused-ring (bicyclic) bond motifs is 1. The van der Waals surface area contributed by atoms with E-state index >= 15 is 0 Å². The van der Waals surface area contributed by atoms with E-state index in [0.717, 1.165) is 39.1 Å². The lowest BCUT2D eigenvalue weighted by atomic mass is 9.83. The lowest BCUT2D eigenvalue weighted by Crippen LogP contribution is -2.48. The molecule has 2 aliphatic heterocycles. The minimum absolute atomic E-state index is 0.0239. The number of esters is 1. The maximum absolute atomic E-state index is 11.7. The zero-order chi connectivity index (χ0) is 12.3. The SMILES string of the molecule is CCC1(COC2C3CC4C(=O)OC2C4C3)COC1. The summed E-state index contributed by atoms with van der Waals surface area (Å²) in [6.07, 6.45) is 3.42. The van der Waals surface area contributed by atoms with Crippen LogP contribution in [0.3, 0.4) is 0 Å². The Labute approximate surface area is 107 Å². The molecular formula is C14H20O4. The van der Waals surface area contributed by atoms with Gasteiger partial charge in [-0.2, -0.15) is 0 Å². The first-order valence-electron chi connectivity index (χ1n) is 7.12. The molecule has 4 aliphatic rings. The predicted octanol–water partition coefficient (Wildman–Crippen LogP) is 1.38. The van der Waals surface area contributed by atoms with Crippen LogP contribution in [0.25, 0.3) is 0 Å². The van der Waals surface area contributed by atoms with Crippen molar-refractivity contribution in [2.45, 2.75) is 38.4 Å². The third-order valence-electron chi connectivity index (χ3n) is 5.56. The Balaban J connectivity index is 1.43. The first-order chi connectivity index (χ1) is 8.72. The van der Waals surface area contributed by atoms with Crippen molar-refractivity contribution in [1.82, 2.24) is 0 Å². The van der Waals surface area contributed by atoms with E-state index in [-0.39, 0.29) is 29.5 Å². The number of hydrogen-bond acceptors (Lipinski definition) is 4. The van der Waals surface area contributed by atoms with Crippen molar-refractivity contribution in [3.63, 3.8) is 0 Å². The first-order valence-corrected chi connectivity index (χ1v) is 7.12. The molecular weight excluding hydrogens is 232 g/mol. The van der Waals surface area contributed by atoms with Crippen LogP contribution in [0, 0.1) is 23.2 Å². The van der Waals surface area contributed by atoms with Crippen LogP contribution < -0.4 is 0 Å². The van der Waals surface area contributed by atoms with Gasteiger partial charge in [-0.3, -0.25) is 4.79 Å². The highest BCUT2D eigenvalue weighted by atomic mass is 16.6. The topological polar surface area (TPSA) is 44.8 Å². The van der Waals surface area contributed by atoms with Gasteiger partial charge in [-0.25, -0.2) is 0 Å². The molecule has 2 saturated heterocycles. The molecule has 2 saturated carbocycles. The highest BCUT2D eigenvalue weighted by molar-refractivity contribution is 5.76. The van der Waals surface area contributed by atoms with E-state index in [2.05, 4.69) is 6.92 Å². The standard InChI is InChI=1S/C14H20O4/c1-2-14(5-16-6-14)7-17-11-8-3-9-10(4-8)13(15)18-12(9)11/h8-12H,2-7H2,1H3. The Kier molecular flexibility index (Phi) is 2.31. The molecule has 5 unspecified atom stereocenters. The maximum atomic E-state index is 11.7. The summed E-state index contributed by atoms with van der Waals surface area (Å²) < 4.78 is 17.0. The summed E-state index contributed by atoms with van der Waals surface area (Å²) in [4.78, 5) is 11.7. The van der Waals surface area contributed by atoms with Gasteiger partial charge in [0.1, 0.15) is 6.10 Å². The summed E-state index contributed by atoms with van der Waals surface area (Å²) in [5.74, 6) is 1.21. The molecule has 5 atom stereocenters. The molecule has 2 heterocycles. The van der Waals surface area contributed by atoms with Crippen LogP contribution >= 0.6 is 0 Å². The van der Waals surface area contributed by atoms with E-state index in [0.29, 0.717) is 11.8 Å². The summed E-state index contributed by atoms with van der Waals surface area (Å²) in [6.45, 7) is 4.59. The number of rotatable bonds is 4. The second kappa shape index (κ2) is 3.70. The van der Waals surface area contributed by atoms with E-state index < -0.39 is 0 Å². The molecule has 4 rings (SSSR count). The molecule has 4 fully saturated rings. The molecule has 18 heavy (non-hydrogen) atoms. The van der Waals surface area contributed by atoms with Crippen molar-refractivity contribution in [2.24, 2.45) is 23.2 Å². The molecule has 0 N–H and O–H groups in total. The second-order valence-corrected chi connectivity index (χ2v) is 6.53. The van der Waals surface area contributed by atoms with Gasteiger partial charge in [-0.05, 0) is 25.2 Å². The molecule has 0 aromatic heterocycles. The minimum Gasteiger partial charge on any atom is -0.459 e. The summed E-state index contributed by atoms with van der Waals surface area (Å²) in [6, 6.07) is 0. The second-order valence-electron chi connectivity index (χ2n) is 6.53. The van der Waals surface area contributed by atoms with Crippen molar-refractivity contribution < 1.29 is 19.0 Å². The van der Waals surface area contributed by atoms with Crippen molar-refractivity contribution in [2.75, 3.05) is 19.8 Å². The molecule has 2 aliphatic carbocycles. The van der Waals surface area contributed by atoms with E-state index in [4.69, 9.17) is 14.2 Å². The average Bonchev–Trinajstić information content (AvgIpc) is 2.91. The quantitative estimate of drug-likeness (QED) is 0.709. The molecule has 0 aromatic rings. The minimum atomic E-state index is 0.0239. The third kappa shape index (κ3) is 1.36. The van der Waals surface area contributed by atoms with Crippen molar-refractivity contribution in [3.8, 4) is 0 Å². The molecule has 4 heteroatoms. The fourth-order valence-electron chi connectivity index (χ4n) is 4.19. The zero-order valence-corrected chi connectivity index (χ0v) is 10.8. The van der Waals surface area contributed by atoms with Crippen LogP contribution in [-0.2, 0) is 19.0 Å². The fourth-order valence-corrected chi connectivity index (χ4v) is 4.19. The van der Waals surface area contributed by atoms with Gasteiger partial charge >= 0.3 is 5.97 Å². The summed E-state index contributed by atoms with van der Waals surface area (Å²) >= 11 is 0. The molecule has 100 valence electrons. The van der Waals surface area contributed by atoms with E-state index in [1.807, 2.05) is 0 Å². The Bertz CT molecular complexity index is 370. The molecule has 2 bridgehead atoms. The normalized spacial score (nSPS) is 47.2. The van der Waals surface area contributed by atoms with Gasteiger partial charge in [0.2, 0.25) is 0 Å². The first kappa shape index (κ1) is 11.2. The molecule has 4 nitrogen and oxygen atoms in total. The molecule has 0 radical (unpaired) electrons. The summed E-state index contributed by atoms with van der Waals surface area (Å²) in [5.41, 5.74) is 0.226. The molecule has 0 spiro atoms. The highest BCUT2D eigenvalue weighted by Crippen LogP contribution is 2.55. The lowest BCUT2D eigenvalue weighted by molar-refractivity contribution is -0.177. The smallest absolute Gasteiger partial charge is 0.309 e. The summed E-state index contributed by atoms with van der Waals surface area (Å²) in [5, 5.41) is 0. The third-order valence-corrected chi connectivity index (χ3v) is 5.56. The Hall–Kier alpha value is -0.610. The van der Waals surface area contributed by atoms with Crippen LogP contribution in [0.2, 0.25) is 0 Å². The van der Waals surface area contributed by atoms with Crippen LogP contribution in [0.4, 0.5) is 0 Å². The predicted molar refractivity (Wildman–Crippen MR) is 62.9 cm³/mol. The van der Waals surface area contributed by atoms with E-state index in [1.54, 1.807) is 0 Å². The van der Waals surface area contributed by atoms with Crippen molar-refractivity contribution in [3.05, 3.63) is 0 Å². The number of hydrogen-bond donors (Lipinski definition) is 0. The maximum Gasteiger partial charge on any atom is 0.309 e. The average molecular weight is 252 g/mol. The Morgan fingerprint density at radius 1 is 1.39 bits per heavy atom. The van der Waals surface area contributed by atoms with E-state index in [1.165, 1.54) is 0 Å². The van der Waals surface area contributed by atoms with Crippen LogP contribution in [0.1, 0.15) is 26.2 Å². The van der Waals surface area contributed by atoms with Crippen LogP contribution in [-0.4, -0.2) is 38.0 Å². The highest BCUT2D eigenvalue weighted by Gasteiger charge is 2.62. The van der Waals surface area contributed by atoms with Gasteiger partial charge in [0.25, 0.3) is 0 Å². The van der Waals surface area contributed by atoms with Gasteiger partial charge < -0.3 is 14.2 Å². The van der Waals surface area contributed by atoms with Gasteiger partial charge in [0, 0.05) is 11.3 Å².